The molecule has 3 rings (SSSR count). The molecule has 0 N–H and O–H groups in total. The van der Waals surface area contributed by atoms with Crippen LogP contribution in [-0.4, -0.2) is 60.8 Å². The minimum Gasteiger partial charge on any atom is -0.496 e. The molecule has 2 aromatic rings. The highest BCUT2D eigenvalue weighted by Gasteiger charge is 2.28. The molecule has 1 aliphatic rings. The molecule has 7 heteroatoms. The van der Waals surface area contributed by atoms with E-state index in [9.17, 15) is 4.79 Å². The van der Waals surface area contributed by atoms with Gasteiger partial charge in [-0.15, -0.1) is 0 Å². The van der Waals surface area contributed by atoms with Crippen molar-refractivity contribution >= 4 is 11.9 Å². The Balaban J connectivity index is 1.74. The molecule has 1 fully saturated rings. The first-order valence-electron chi connectivity index (χ1n) is 8.46. The van der Waals surface area contributed by atoms with Crippen LogP contribution in [0.1, 0.15) is 17.3 Å². The zero-order chi connectivity index (χ0) is 17.8. The lowest BCUT2D eigenvalue weighted by molar-refractivity contribution is 0.0739. The van der Waals surface area contributed by atoms with Crippen molar-refractivity contribution < 1.29 is 14.3 Å². The maximum Gasteiger partial charge on any atom is 0.261 e. The van der Waals surface area contributed by atoms with Crippen LogP contribution in [0.3, 0.4) is 0 Å². The van der Waals surface area contributed by atoms with E-state index in [-0.39, 0.29) is 5.91 Å². The van der Waals surface area contributed by atoms with Gasteiger partial charge < -0.3 is 23.8 Å². The normalized spacial score (nSPS) is 14.5. The topological polar surface area (TPSA) is 59.8 Å². The summed E-state index contributed by atoms with van der Waals surface area (Å²) < 4.78 is 12.8. The van der Waals surface area contributed by atoms with Gasteiger partial charge in [-0.05, 0) is 19.1 Å². The molecule has 1 saturated heterocycles. The van der Waals surface area contributed by atoms with E-state index in [2.05, 4.69) is 21.4 Å². The van der Waals surface area contributed by atoms with E-state index >= 15 is 0 Å². The molecule has 0 aliphatic carbocycles. The summed E-state index contributed by atoms with van der Waals surface area (Å²) in [5.41, 5.74) is 0.482. The number of anilines is 1. The highest BCUT2D eigenvalue weighted by molar-refractivity contribution is 5.99. The van der Waals surface area contributed by atoms with Gasteiger partial charge in [0.05, 0.1) is 14.2 Å². The predicted molar refractivity (Wildman–Crippen MR) is 95.6 cm³/mol. The molecule has 1 aromatic carbocycles. The van der Waals surface area contributed by atoms with Crippen LogP contribution in [0.4, 0.5) is 5.95 Å². The number of carbonyl (C=O) groups excluding carboxylic acids is 1. The number of nitrogens with zero attached hydrogens (tertiary/aromatic N) is 4. The second kappa shape index (κ2) is 7.46. The predicted octanol–water partition coefficient (Wildman–Crippen LogP) is 1.88. The number of aryl methyl sites for hydroxylation is 1. The number of piperazine rings is 1. The smallest absolute Gasteiger partial charge is 0.261 e. The summed E-state index contributed by atoms with van der Waals surface area (Å²) >= 11 is 0. The van der Waals surface area contributed by atoms with Gasteiger partial charge in [-0.25, -0.2) is 4.98 Å². The summed E-state index contributed by atoms with van der Waals surface area (Å²) in [6, 6.07) is 5.38. The fraction of sp³-hybridized carbons (Fsp3) is 0.444. The minimum atomic E-state index is -0.0622. The molecule has 0 atom stereocenters. The summed E-state index contributed by atoms with van der Waals surface area (Å²) in [5.74, 6) is 1.97. The summed E-state index contributed by atoms with van der Waals surface area (Å²) in [7, 11) is 3.13. The van der Waals surface area contributed by atoms with Crippen LogP contribution in [0.2, 0.25) is 0 Å². The Labute approximate surface area is 147 Å². The van der Waals surface area contributed by atoms with Gasteiger partial charge in [0.2, 0.25) is 5.95 Å². The van der Waals surface area contributed by atoms with Crippen molar-refractivity contribution in [1.82, 2.24) is 14.5 Å². The third kappa shape index (κ3) is 3.26. The van der Waals surface area contributed by atoms with Crippen LogP contribution < -0.4 is 14.4 Å². The van der Waals surface area contributed by atoms with Gasteiger partial charge >= 0.3 is 0 Å². The van der Waals surface area contributed by atoms with E-state index in [1.54, 1.807) is 26.4 Å². The molecular formula is C18H24N4O3. The lowest BCUT2D eigenvalue weighted by atomic mass is 10.1. The largest absolute Gasteiger partial charge is 0.496 e. The van der Waals surface area contributed by atoms with Gasteiger partial charge in [0.25, 0.3) is 5.91 Å². The van der Waals surface area contributed by atoms with Crippen LogP contribution in [0.15, 0.2) is 30.6 Å². The number of rotatable bonds is 5. The van der Waals surface area contributed by atoms with Gasteiger partial charge in [0.15, 0.2) is 0 Å². The van der Waals surface area contributed by atoms with Crippen molar-refractivity contribution in [2.45, 2.75) is 13.5 Å². The molecule has 1 aromatic heterocycles. The van der Waals surface area contributed by atoms with Crippen molar-refractivity contribution in [2.24, 2.45) is 0 Å². The summed E-state index contributed by atoms with van der Waals surface area (Å²) in [5, 5.41) is 0. The third-order valence-electron chi connectivity index (χ3n) is 4.53. The molecule has 0 bridgehead atoms. The molecule has 0 unspecified atom stereocenters. The maximum atomic E-state index is 13.0. The van der Waals surface area contributed by atoms with Crippen molar-refractivity contribution in [3.05, 3.63) is 36.2 Å². The monoisotopic (exact) mass is 344 g/mol. The van der Waals surface area contributed by atoms with E-state index in [4.69, 9.17) is 9.47 Å². The van der Waals surface area contributed by atoms with Crippen molar-refractivity contribution in [3.8, 4) is 11.5 Å². The maximum absolute atomic E-state index is 13.0. The number of amides is 1. The molecule has 134 valence electrons. The summed E-state index contributed by atoms with van der Waals surface area (Å²) in [6.07, 6.45) is 3.79. The minimum absolute atomic E-state index is 0.0622. The Morgan fingerprint density at radius 1 is 1.12 bits per heavy atom. The number of hydrogen-bond donors (Lipinski definition) is 0. The molecule has 1 aliphatic heterocycles. The number of hydrogen-bond acceptors (Lipinski definition) is 5. The number of methoxy groups -OCH3 is 2. The molecule has 0 spiro atoms. The van der Waals surface area contributed by atoms with Gasteiger partial charge in [-0.2, -0.15) is 0 Å². The van der Waals surface area contributed by atoms with E-state index in [1.807, 2.05) is 23.4 Å². The molecule has 25 heavy (non-hydrogen) atoms. The van der Waals surface area contributed by atoms with Gasteiger partial charge in [0.1, 0.15) is 17.1 Å². The van der Waals surface area contributed by atoms with Gasteiger partial charge in [0, 0.05) is 45.1 Å². The Morgan fingerprint density at radius 3 is 2.32 bits per heavy atom. The Bertz CT molecular complexity index is 713. The van der Waals surface area contributed by atoms with E-state index < -0.39 is 0 Å². The van der Waals surface area contributed by atoms with E-state index in [1.165, 1.54) is 0 Å². The van der Waals surface area contributed by atoms with Gasteiger partial charge in [-0.3, -0.25) is 4.79 Å². The standard InChI is InChI=1S/C18H24N4O3/c1-4-20-9-8-19-18(20)22-12-10-21(11-13-22)17(23)16-14(24-2)6-5-7-15(16)25-3/h5-9H,4,10-13H2,1-3H3. The zero-order valence-corrected chi connectivity index (χ0v) is 14.9. The fourth-order valence-corrected chi connectivity index (χ4v) is 3.16. The van der Waals surface area contributed by atoms with E-state index in [0.29, 0.717) is 30.2 Å². The molecule has 0 radical (unpaired) electrons. The first-order chi connectivity index (χ1) is 12.2. The average Bonchev–Trinajstić information content (AvgIpc) is 3.15. The molecule has 7 nitrogen and oxygen atoms in total. The molecule has 1 amide bonds. The zero-order valence-electron chi connectivity index (χ0n) is 14.9. The number of carbonyl (C=O) groups is 1. The fourth-order valence-electron chi connectivity index (χ4n) is 3.16. The van der Waals surface area contributed by atoms with Crippen LogP contribution in [0.5, 0.6) is 11.5 Å². The lowest BCUT2D eigenvalue weighted by Gasteiger charge is -2.35. The van der Waals surface area contributed by atoms with E-state index in [0.717, 1.165) is 25.6 Å². The van der Waals surface area contributed by atoms with Crippen molar-refractivity contribution in [1.29, 1.82) is 0 Å². The number of imidazole rings is 1. The molecular weight excluding hydrogens is 320 g/mol. The number of aromatic nitrogens is 2. The first kappa shape index (κ1) is 17.1. The van der Waals surface area contributed by atoms with Crippen molar-refractivity contribution in [3.63, 3.8) is 0 Å². The molecule has 2 heterocycles. The average molecular weight is 344 g/mol. The lowest BCUT2D eigenvalue weighted by Crippen LogP contribution is -2.49. The second-order valence-electron chi connectivity index (χ2n) is 5.83. The summed E-state index contributed by atoms with van der Waals surface area (Å²) in [6.45, 7) is 5.75. The quantitative estimate of drug-likeness (QED) is 0.829. The first-order valence-corrected chi connectivity index (χ1v) is 8.46. The highest BCUT2D eigenvalue weighted by atomic mass is 16.5. The number of ether oxygens (including phenoxy) is 2. The van der Waals surface area contributed by atoms with Crippen LogP contribution in [-0.2, 0) is 6.54 Å². The Hall–Kier alpha value is -2.70. The Kier molecular flexibility index (Phi) is 5.11. The Morgan fingerprint density at radius 2 is 1.76 bits per heavy atom. The van der Waals surface area contributed by atoms with Crippen LogP contribution in [0, 0.1) is 0 Å². The molecule has 0 saturated carbocycles. The highest BCUT2D eigenvalue weighted by Crippen LogP contribution is 2.30. The second-order valence-corrected chi connectivity index (χ2v) is 5.83. The SMILES string of the molecule is CCn1ccnc1N1CCN(C(=O)c2c(OC)cccc2OC)CC1. The number of benzene rings is 1. The van der Waals surface area contributed by atoms with Crippen LogP contribution in [0.25, 0.3) is 0 Å². The van der Waals surface area contributed by atoms with Gasteiger partial charge in [-0.1, -0.05) is 6.07 Å². The van der Waals surface area contributed by atoms with Crippen LogP contribution >= 0.6 is 0 Å². The summed E-state index contributed by atoms with van der Waals surface area (Å²) in [4.78, 5) is 21.5. The third-order valence-corrected chi connectivity index (χ3v) is 4.53. The van der Waals surface area contributed by atoms with Crippen molar-refractivity contribution in [2.75, 3.05) is 45.3 Å².